The van der Waals surface area contributed by atoms with Gasteiger partial charge >= 0.3 is 0 Å². The van der Waals surface area contributed by atoms with Crippen molar-refractivity contribution in [3.8, 4) is 0 Å². The van der Waals surface area contributed by atoms with Gasteiger partial charge in [-0.3, -0.25) is 0 Å². The molecule has 0 unspecified atom stereocenters. The first kappa shape index (κ1) is 16.5. The Hall–Kier alpha value is -1.95. The number of nitrogens with one attached hydrogen (secondary N) is 2. The van der Waals surface area contributed by atoms with Gasteiger partial charge in [0, 0.05) is 25.4 Å². The molecule has 6 heteroatoms. The molecule has 25 heavy (non-hydrogen) atoms. The number of ether oxygens (including phenoxy) is 1. The molecule has 0 bridgehead atoms. The zero-order valence-corrected chi connectivity index (χ0v) is 14.4. The fraction of sp³-hybridized carbons (Fsp3) is 0.316. The summed E-state index contributed by atoms with van der Waals surface area (Å²) in [5.41, 5.74) is 2.79. The van der Waals surface area contributed by atoms with Crippen LogP contribution >= 0.6 is 11.6 Å². The molecular weight excluding hydrogens is 341 g/mol. The summed E-state index contributed by atoms with van der Waals surface area (Å²) >= 11 is 5.82. The van der Waals surface area contributed by atoms with Gasteiger partial charge in [-0.1, -0.05) is 29.8 Å². The maximum absolute atomic E-state index is 13.9. The Morgan fingerprint density at radius 1 is 1.24 bits per heavy atom. The SMILES string of the molecule is Fc1cc([C@@H]2OCCNC[C@H]2Cc2nc3ccccc3[nH]2)ccc1Cl. The molecule has 4 rings (SSSR count). The van der Waals surface area contributed by atoms with E-state index in [9.17, 15) is 4.39 Å². The Kier molecular flexibility index (Phi) is 4.70. The lowest BCUT2D eigenvalue weighted by Gasteiger charge is -2.24. The molecule has 1 aliphatic heterocycles. The van der Waals surface area contributed by atoms with Crippen molar-refractivity contribution in [3.63, 3.8) is 0 Å². The van der Waals surface area contributed by atoms with Crippen molar-refractivity contribution in [1.82, 2.24) is 15.3 Å². The molecule has 0 radical (unpaired) electrons. The van der Waals surface area contributed by atoms with Gasteiger partial charge in [-0.15, -0.1) is 0 Å². The molecule has 2 aromatic carbocycles. The molecule has 0 spiro atoms. The first-order chi connectivity index (χ1) is 12.2. The van der Waals surface area contributed by atoms with Gasteiger partial charge in [0.15, 0.2) is 0 Å². The number of benzene rings is 2. The van der Waals surface area contributed by atoms with Crippen LogP contribution in [0.3, 0.4) is 0 Å². The van der Waals surface area contributed by atoms with E-state index in [1.807, 2.05) is 30.3 Å². The maximum atomic E-state index is 13.9. The van der Waals surface area contributed by atoms with Crippen LogP contribution in [0.25, 0.3) is 11.0 Å². The highest BCUT2D eigenvalue weighted by molar-refractivity contribution is 6.30. The molecule has 2 atom stereocenters. The molecule has 3 aromatic rings. The van der Waals surface area contributed by atoms with Crippen molar-refractivity contribution < 1.29 is 9.13 Å². The molecule has 0 aliphatic carbocycles. The molecule has 1 aliphatic rings. The van der Waals surface area contributed by atoms with E-state index in [2.05, 4.69) is 15.3 Å². The zero-order chi connectivity index (χ0) is 17.2. The number of para-hydroxylation sites is 2. The topological polar surface area (TPSA) is 49.9 Å². The third-order valence-electron chi connectivity index (χ3n) is 4.58. The van der Waals surface area contributed by atoms with E-state index in [0.29, 0.717) is 6.61 Å². The zero-order valence-electron chi connectivity index (χ0n) is 13.6. The lowest BCUT2D eigenvalue weighted by atomic mass is 9.92. The quantitative estimate of drug-likeness (QED) is 0.746. The summed E-state index contributed by atoms with van der Waals surface area (Å²) in [6, 6.07) is 12.9. The molecule has 1 fully saturated rings. The highest BCUT2D eigenvalue weighted by Gasteiger charge is 2.28. The van der Waals surface area contributed by atoms with Crippen LogP contribution < -0.4 is 5.32 Å². The van der Waals surface area contributed by atoms with Crippen molar-refractivity contribution >= 4 is 22.6 Å². The molecule has 2 N–H and O–H groups in total. The van der Waals surface area contributed by atoms with E-state index in [1.54, 1.807) is 6.07 Å². The summed E-state index contributed by atoms with van der Waals surface area (Å²) in [6.07, 6.45) is 0.520. The van der Waals surface area contributed by atoms with Crippen LogP contribution in [0.5, 0.6) is 0 Å². The second kappa shape index (κ2) is 7.12. The molecule has 1 saturated heterocycles. The lowest BCUT2D eigenvalue weighted by molar-refractivity contribution is 0.0300. The van der Waals surface area contributed by atoms with Gasteiger partial charge in [0.05, 0.1) is 28.8 Å². The number of nitrogens with zero attached hydrogens (tertiary/aromatic N) is 1. The van der Waals surface area contributed by atoms with Crippen molar-refractivity contribution in [2.24, 2.45) is 5.92 Å². The van der Waals surface area contributed by atoms with E-state index in [4.69, 9.17) is 16.3 Å². The molecule has 0 saturated carbocycles. The fourth-order valence-electron chi connectivity index (χ4n) is 3.38. The first-order valence-corrected chi connectivity index (χ1v) is 8.79. The van der Waals surface area contributed by atoms with Crippen LogP contribution in [-0.4, -0.2) is 29.7 Å². The Morgan fingerprint density at radius 3 is 2.96 bits per heavy atom. The Balaban J connectivity index is 1.62. The summed E-state index contributed by atoms with van der Waals surface area (Å²) in [5.74, 6) is 0.643. The first-order valence-electron chi connectivity index (χ1n) is 8.41. The summed E-state index contributed by atoms with van der Waals surface area (Å²) in [5, 5.41) is 3.52. The molecule has 1 aromatic heterocycles. The summed E-state index contributed by atoms with van der Waals surface area (Å²) in [4.78, 5) is 8.03. The summed E-state index contributed by atoms with van der Waals surface area (Å²) < 4.78 is 19.9. The van der Waals surface area contributed by atoms with E-state index < -0.39 is 5.82 Å². The van der Waals surface area contributed by atoms with E-state index in [0.717, 1.165) is 41.9 Å². The van der Waals surface area contributed by atoms with Crippen molar-refractivity contribution in [2.75, 3.05) is 19.7 Å². The van der Waals surface area contributed by atoms with Gasteiger partial charge in [0.1, 0.15) is 11.6 Å². The number of H-pyrrole nitrogens is 1. The van der Waals surface area contributed by atoms with Gasteiger partial charge < -0.3 is 15.0 Å². The number of aromatic nitrogens is 2. The molecule has 2 heterocycles. The molecule has 130 valence electrons. The highest BCUT2D eigenvalue weighted by atomic mass is 35.5. The van der Waals surface area contributed by atoms with Crippen molar-refractivity contribution in [3.05, 3.63) is 64.7 Å². The third kappa shape index (κ3) is 3.54. The van der Waals surface area contributed by atoms with Gasteiger partial charge in [-0.05, 0) is 29.8 Å². The van der Waals surface area contributed by atoms with Crippen LogP contribution in [-0.2, 0) is 11.2 Å². The standard InChI is InChI=1S/C19H19ClFN3O/c20-14-6-5-12(9-15(14)21)19-13(11-22-7-8-25-19)10-18-23-16-3-1-2-4-17(16)24-18/h1-6,9,13,19,22H,7-8,10-11H2,(H,23,24)/t13-,19+/m1/s1. The van der Waals surface area contributed by atoms with Crippen molar-refractivity contribution in [1.29, 1.82) is 0 Å². The number of hydrogen-bond donors (Lipinski definition) is 2. The largest absolute Gasteiger partial charge is 0.372 e. The second-order valence-corrected chi connectivity index (χ2v) is 6.74. The fourth-order valence-corrected chi connectivity index (χ4v) is 3.49. The second-order valence-electron chi connectivity index (χ2n) is 6.33. The van der Waals surface area contributed by atoms with Crippen molar-refractivity contribution in [2.45, 2.75) is 12.5 Å². The average Bonchev–Trinajstić information content (AvgIpc) is 2.88. The molecule has 4 nitrogen and oxygen atoms in total. The Labute approximate surface area is 150 Å². The molecular formula is C19H19ClFN3O. The Bertz CT molecular complexity index is 849. The van der Waals surface area contributed by atoms with Crippen LogP contribution in [0.1, 0.15) is 17.5 Å². The number of rotatable bonds is 3. The summed E-state index contributed by atoms with van der Waals surface area (Å²) in [7, 11) is 0. The van der Waals surface area contributed by atoms with E-state index in [1.165, 1.54) is 6.07 Å². The normalized spacial score (nSPS) is 21.4. The number of fused-ring (bicyclic) bond motifs is 1. The highest BCUT2D eigenvalue weighted by Crippen LogP contribution is 2.31. The average molecular weight is 360 g/mol. The van der Waals surface area contributed by atoms with Crippen LogP contribution in [0.15, 0.2) is 42.5 Å². The number of halogens is 2. The lowest BCUT2D eigenvalue weighted by Crippen LogP contribution is -2.26. The molecule has 0 amide bonds. The van der Waals surface area contributed by atoms with Gasteiger partial charge in [-0.25, -0.2) is 9.37 Å². The predicted molar refractivity (Wildman–Crippen MR) is 96.3 cm³/mol. The van der Waals surface area contributed by atoms with Crippen LogP contribution in [0.2, 0.25) is 5.02 Å². The van der Waals surface area contributed by atoms with Crippen LogP contribution in [0.4, 0.5) is 4.39 Å². The van der Waals surface area contributed by atoms with E-state index in [-0.39, 0.29) is 17.0 Å². The minimum absolute atomic E-state index is 0.129. The van der Waals surface area contributed by atoms with Gasteiger partial charge in [0.2, 0.25) is 0 Å². The smallest absolute Gasteiger partial charge is 0.142 e. The van der Waals surface area contributed by atoms with Crippen LogP contribution in [0, 0.1) is 11.7 Å². The van der Waals surface area contributed by atoms with Gasteiger partial charge in [0.25, 0.3) is 0 Å². The number of aromatic amines is 1. The third-order valence-corrected chi connectivity index (χ3v) is 4.88. The minimum atomic E-state index is -0.414. The monoisotopic (exact) mass is 359 g/mol. The minimum Gasteiger partial charge on any atom is -0.372 e. The predicted octanol–water partition coefficient (Wildman–Crippen LogP) is 3.88. The van der Waals surface area contributed by atoms with E-state index >= 15 is 0 Å². The summed E-state index contributed by atoms with van der Waals surface area (Å²) in [6.45, 7) is 2.15. The number of imidazole rings is 1. The maximum Gasteiger partial charge on any atom is 0.142 e. The van der Waals surface area contributed by atoms with Gasteiger partial charge in [-0.2, -0.15) is 0 Å². The number of hydrogen-bond acceptors (Lipinski definition) is 3. The Morgan fingerprint density at radius 2 is 2.12 bits per heavy atom.